The van der Waals surface area contributed by atoms with Crippen molar-refractivity contribution in [1.29, 1.82) is 0 Å². The van der Waals surface area contributed by atoms with E-state index < -0.39 is 0 Å². The molecule has 1 aliphatic heterocycles. The highest BCUT2D eigenvalue weighted by Crippen LogP contribution is 2.22. The van der Waals surface area contributed by atoms with Crippen LogP contribution in [0.25, 0.3) is 0 Å². The Bertz CT molecular complexity index is 473. The summed E-state index contributed by atoms with van der Waals surface area (Å²) in [7, 11) is 0. The number of likely N-dealkylation sites (tertiary alicyclic amines) is 1. The standard InChI is InChI=1S/C18H27NO2/c1-18(2,3)15-9-6-14(7-10-15)8-11-17(21)19-12-4-5-16(20)13-19/h6-7,9-10,16,20H,4-5,8,11-13H2,1-3H3. The Morgan fingerprint density at radius 1 is 1.29 bits per heavy atom. The molecule has 1 N–H and O–H groups in total. The molecule has 0 spiro atoms. The van der Waals surface area contributed by atoms with Crippen molar-refractivity contribution in [2.75, 3.05) is 13.1 Å². The molecular formula is C18H27NO2. The summed E-state index contributed by atoms with van der Waals surface area (Å²) in [6, 6.07) is 8.56. The first-order chi connectivity index (χ1) is 9.86. The Labute approximate surface area is 128 Å². The molecule has 1 amide bonds. The Kier molecular flexibility index (Phi) is 5.04. The summed E-state index contributed by atoms with van der Waals surface area (Å²) in [5, 5.41) is 9.63. The maximum atomic E-state index is 12.2. The molecule has 1 atom stereocenters. The van der Waals surface area contributed by atoms with Gasteiger partial charge in [-0.05, 0) is 35.8 Å². The molecule has 1 aliphatic rings. The second-order valence-corrected chi connectivity index (χ2v) is 7.08. The van der Waals surface area contributed by atoms with E-state index in [4.69, 9.17) is 0 Å². The number of aliphatic hydroxyl groups is 1. The number of nitrogens with zero attached hydrogens (tertiary/aromatic N) is 1. The zero-order chi connectivity index (χ0) is 15.5. The fraction of sp³-hybridized carbons (Fsp3) is 0.611. The molecule has 0 saturated carbocycles. The monoisotopic (exact) mass is 289 g/mol. The molecule has 3 nitrogen and oxygen atoms in total. The van der Waals surface area contributed by atoms with Crippen LogP contribution in [-0.4, -0.2) is 35.1 Å². The normalized spacial score (nSPS) is 19.6. The predicted molar refractivity (Wildman–Crippen MR) is 85.3 cm³/mol. The molecule has 2 rings (SSSR count). The van der Waals surface area contributed by atoms with Crippen LogP contribution in [0, 0.1) is 0 Å². The highest BCUT2D eigenvalue weighted by atomic mass is 16.3. The minimum absolute atomic E-state index is 0.161. The molecule has 1 heterocycles. The number of piperidine rings is 1. The van der Waals surface area contributed by atoms with Crippen molar-refractivity contribution in [3.63, 3.8) is 0 Å². The number of rotatable bonds is 3. The average Bonchev–Trinajstić information content (AvgIpc) is 2.44. The van der Waals surface area contributed by atoms with Gasteiger partial charge in [-0.1, -0.05) is 45.0 Å². The van der Waals surface area contributed by atoms with Crippen LogP contribution < -0.4 is 0 Å². The number of benzene rings is 1. The van der Waals surface area contributed by atoms with Gasteiger partial charge in [-0.15, -0.1) is 0 Å². The lowest BCUT2D eigenvalue weighted by Crippen LogP contribution is -2.42. The quantitative estimate of drug-likeness (QED) is 0.929. The fourth-order valence-corrected chi connectivity index (χ4v) is 2.76. The fourth-order valence-electron chi connectivity index (χ4n) is 2.76. The number of carbonyl (C=O) groups excluding carboxylic acids is 1. The third-order valence-corrected chi connectivity index (χ3v) is 4.20. The number of hydrogen-bond donors (Lipinski definition) is 1. The zero-order valence-electron chi connectivity index (χ0n) is 13.4. The van der Waals surface area contributed by atoms with Crippen molar-refractivity contribution in [3.8, 4) is 0 Å². The first-order valence-corrected chi connectivity index (χ1v) is 7.91. The van der Waals surface area contributed by atoms with Gasteiger partial charge >= 0.3 is 0 Å². The van der Waals surface area contributed by atoms with Gasteiger partial charge in [-0.3, -0.25) is 4.79 Å². The third kappa shape index (κ3) is 4.57. The zero-order valence-corrected chi connectivity index (χ0v) is 13.4. The molecule has 0 radical (unpaired) electrons. The van der Waals surface area contributed by atoms with Crippen LogP contribution in [0.3, 0.4) is 0 Å². The van der Waals surface area contributed by atoms with E-state index in [-0.39, 0.29) is 17.4 Å². The first-order valence-electron chi connectivity index (χ1n) is 7.91. The van der Waals surface area contributed by atoms with Gasteiger partial charge in [-0.25, -0.2) is 0 Å². The van der Waals surface area contributed by atoms with E-state index in [0.29, 0.717) is 13.0 Å². The van der Waals surface area contributed by atoms with E-state index in [9.17, 15) is 9.90 Å². The maximum Gasteiger partial charge on any atom is 0.222 e. The SMILES string of the molecule is CC(C)(C)c1ccc(CCC(=O)N2CCCC(O)C2)cc1. The summed E-state index contributed by atoms with van der Waals surface area (Å²) in [6.45, 7) is 7.90. The van der Waals surface area contributed by atoms with Gasteiger partial charge in [0.15, 0.2) is 0 Å². The Morgan fingerprint density at radius 2 is 1.95 bits per heavy atom. The van der Waals surface area contributed by atoms with Crippen molar-refractivity contribution in [2.45, 2.75) is 58.0 Å². The smallest absolute Gasteiger partial charge is 0.222 e. The summed E-state index contributed by atoms with van der Waals surface area (Å²) in [5.74, 6) is 0.161. The van der Waals surface area contributed by atoms with Crippen LogP contribution in [-0.2, 0) is 16.6 Å². The maximum absolute atomic E-state index is 12.2. The number of carbonyl (C=O) groups is 1. The van der Waals surface area contributed by atoms with Crippen molar-refractivity contribution in [3.05, 3.63) is 35.4 Å². The van der Waals surface area contributed by atoms with Crippen molar-refractivity contribution >= 4 is 5.91 Å². The van der Waals surface area contributed by atoms with Crippen molar-refractivity contribution < 1.29 is 9.90 Å². The minimum Gasteiger partial charge on any atom is -0.391 e. The molecule has 21 heavy (non-hydrogen) atoms. The number of β-amino-alcohol motifs (C(OH)–C–C–N with tert-alkyl or cyclic N) is 1. The summed E-state index contributed by atoms with van der Waals surface area (Å²) < 4.78 is 0. The van der Waals surface area contributed by atoms with E-state index in [2.05, 4.69) is 45.0 Å². The second-order valence-electron chi connectivity index (χ2n) is 7.08. The molecule has 0 aliphatic carbocycles. The summed E-state index contributed by atoms with van der Waals surface area (Å²) in [4.78, 5) is 14.0. The highest BCUT2D eigenvalue weighted by molar-refractivity contribution is 5.76. The van der Waals surface area contributed by atoms with E-state index >= 15 is 0 Å². The van der Waals surface area contributed by atoms with E-state index in [1.807, 2.05) is 0 Å². The third-order valence-electron chi connectivity index (χ3n) is 4.20. The van der Waals surface area contributed by atoms with Gasteiger partial charge in [0.05, 0.1) is 6.10 Å². The number of aliphatic hydroxyl groups excluding tert-OH is 1. The summed E-state index contributed by atoms with van der Waals surface area (Å²) in [5.41, 5.74) is 2.68. The Hall–Kier alpha value is -1.35. The molecule has 1 aromatic rings. The number of amides is 1. The lowest BCUT2D eigenvalue weighted by atomic mass is 9.86. The first kappa shape index (κ1) is 16.0. The van der Waals surface area contributed by atoms with Crippen LogP contribution in [0.1, 0.15) is 51.2 Å². The molecule has 1 unspecified atom stereocenters. The topological polar surface area (TPSA) is 40.5 Å². The van der Waals surface area contributed by atoms with Crippen LogP contribution in [0.2, 0.25) is 0 Å². The molecular weight excluding hydrogens is 262 g/mol. The molecule has 1 aromatic carbocycles. The minimum atomic E-state index is -0.339. The van der Waals surface area contributed by atoms with Gasteiger partial charge < -0.3 is 10.0 Å². The van der Waals surface area contributed by atoms with Gasteiger partial charge in [0.25, 0.3) is 0 Å². The van der Waals surface area contributed by atoms with Crippen LogP contribution >= 0.6 is 0 Å². The second kappa shape index (κ2) is 6.61. The lowest BCUT2D eigenvalue weighted by Gasteiger charge is -2.30. The molecule has 116 valence electrons. The number of hydrogen-bond acceptors (Lipinski definition) is 2. The highest BCUT2D eigenvalue weighted by Gasteiger charge is 2.21. The Balaban J connectivity index is 1.86. The molecule has 1 saturated heterocycles. The molecule has 0 aromatic heterocycles. The van der Waals surface area contributed by atoms with E-state index in [1.165, 1.54) is 11.1 Å². The lowest BCUT2D eigenvalue weighted by molar-refractivity contribution is -0.134. The van der Waals surface area contributed by atoms with Crippen LogP contribution in [0.4, 0.5) is 0 Å². The predicted octanol–water partition coefficient (Wildman–Crippen LogP) is 2.90. The Morgan fingerprint density at radius 3 is 2.52 bits per heavy atom. The van der Waals surface area contributed by atoms with Crippen LogP contribution in [0.15, 0.2) is 24.3 Å². The molecule has 1 fully saturated rings. The van der Waals surface area contributed by atoms with Gasteiger partial charge in [0.2, 0.25) is 5.91 Å². The van der Waals surface area contributed by atoms with E-state index in [0.717, 1.165) is 25.8 Å². The average molecular weight is 289 g/mol. The van der Waals surface area contributed by atoms with Crippen molar-refractivity contribution in [1.82, 2.24) is 4.90 Å². The largest absolute Gasteiger partial charge is 0.391 e. The summed E-state index contributed by atoms with van der Waals surface area (Å²) in [6.07, 6.45) is 2.69. The summed E-state index contributed by atoms with van der Waals surface area (Å²) >= 11 is 0. The van der Waals surface area contributed by atoms with Crippen LogP contribution in [0.5, 0.6) is 0 Å². The van der Waals surface area contributed by atoms with Gasteiger partial charge in [-0.2, -0.15) is 0 Å². The molecule has 0 bridgehead atoms. The van der Waals surface area contributed by atoms with Crippen molar-refractivity contribution in [2.24, 2.45) is 0 Å². The van der Waals surface area contributed by atoms with E-state index in [1.54, 1.807) is 4.90 Å². The van der Waals surface area contributed by atoms with Gasteiger partial charge in [0, 0.05) is 19.5 Å². The molecule has 3 heteroatoms. The number of aryl methyl sites for hydroxylation is 1. The van der Waals surface area contributed by atoms with Gasteiger partial charge in [0.1, 0.15) is 0 Å².